The molecule has 1 aromatic heterocycles. The second-order valence-corrected chi connectivity index (χ2v) is 2.35. The number of hydrogen-bond acceptors (Lipinski definition) is 1. The van der Waals surface area contributed by atoms with Gasteiger partial charge in [-0.25, -0.2) is 13.2 Å². The van der Waals surface area contributed by atoms with Gasteiger partial charge in [-0.2, -0.15) is 0 Å². The van der Waals surface area contributed by atoms with Crippen molar-refractivity contribution in [3.63, 3.8) is 0 Å². The molecule has 1 rings (SSSR count). The van der Waals surface area contributed by atoms with E-state index in [2.05, 4.69) is 4.98 Å². The number of hydrogen-bond donors (Lipinski definition) is 0. The van der Waals surface area contributed by atoms with Gasteiger partial charge in [-0.3, -0.25) is 4.98 Å². The number of alkyl halides is 2. The molecule has 1 aromatic rings. The standard InChI is InChI=1S/C8H8F3N/c1-2-5-4-12-7(8(10)11)3-6(5)9/h3-4,8H,2H2,1H3. The highest BCUT2D eigenvalue weighted by atomic mass is 19.3. The first kappa shape index (κ1) is 9.03. The fraction of sp³-hybridized carbons (Fsp3) is 0.375. The maximum atomic E-state index is 12.8. The fourth-order valence-corrected chi connectivity index (χ4v) is 0.853. The summed E-state index contributed by atoms with van der Waals surface area (Å²) >= 11 is 0. The van der Waals surface area contributed by atoms with E-state index in [-0.39, 0.29) is 0 Å². The summed E-state index contributed by atoms with van der Waals surface area (Å²) in [6.07, 6.45) is -1.09. The van der Waals surface area contributed by atoms with Gasteiger partial charge in [0.2, 0.25) is 0 Å². The van der Waals surface area contributed by atoms with Crippen molar-refractivity contribution < 1.29 is 13.2 Å². The molecule has 0 aliphatic carbocycles. The van der Waals surface area contributed by atoms with Crippen LogP contribution in [-0.4, -0.2) is 4.98 Å². The summed E-state index contributed by atoms with van der Waals surface area (Å²) in [4.78, 5) is 3.42. The van der Waals surface area contributed by atoms with Crippen LogP contribution in [0.4, 0.5) is 13.2 Å². The number of aryl methyl sites for hydroxylation is 1. The van der Waals surface area contributed by atoms with Crippen molar-refractivity contribution in [3.05, 3.63) is 29.3 Å². The van der Waals surface area contributed by atoms with Crippen LogP contribution in [0.3, 0.4) is 0 Å². The van der Waals surface area contributed by atoms with Crippen LogP contribution in [0.15, 0.2) is 12.3 Å². The molecule has 0 amide bonds. The summed E-state index contributed by atoms with van der Waals surface area (Å²) in [5.74, 6) is -0.609. The van der Waals surface area contributed by atoms with Crippen LogP contribution in [0.2, 0.25) is 0 Å². The van der Waals surface area contributed by atoms with Crippen LogP contribution in [0, 0.1) is 5.82 Å². The third-order valence-electron chi connectivity index (χ3n) is 1.56. The molecule has 0 saturated heterocycles. The Kier molecular flexibility index (Phi) is 2.68. The van der Waals surface area contributed by atoms with Crippen LogP contribution in [0.25, 0.3) is 0 Å². The number of aromatic nitrogens is 1. The van der Waals surface area contributed by atoms with Crippen LogP contribution in [-0.2, 0) is 6.42 Å². The second-order valence-electron chi connectivity index (χ2n) is 2.35. The molecule has 0 saturated carbocycles. The Hall–Kier alpha value is -1.06. The summed E-state index contributed by atoms with van der Waals surface area (Å²) in [5.41, 5.74) is -0.149. The molecule has 12 heavy (non-hydrogen) atoms. The number of nitrogens with zero attached hydrogens (tertiary/aromatic N) is 1. The van der Waals surface area contributed by atoms with Gasteiger partial charge in [0.05, 0.1) is 0 Å². The largest absolute Gasteiger partial charge is 0.280 e. The van der Waals surface area contributed by atoms with Gasteiger partial charge >= 0.3 is 0 Å². The molecule has 0 bridgehead atoms. The van der Waals surface area contributed by atoms with Crippen molar-refractivity contribution >= 4 is 0 Å². The summed E-state index contributed by atoms with van der Waals surface area (Å²) in [6, 6.07) is 0.781. The third-order valence-corrected chi connectivity index (χ3v) is 1.56. The molecule has 66 valence electrons. The van der Waals surface area contributed by atoms with Crippen molar-refractivity contribution in [2.24, 2.45) is 0 Å². The first-order valence-electron chi connectivity index (χ1n) is 3.57. The SMILES string of the molecule is CCc1cnc(C(F)F)cc1F. The van der Waals surface area contributed by atoms with Crippen molar-refractivity contribution in [1.82, 2.24) is 4.98 Å². The molecule has 4 heteroatoms. The highest BCUT2D eigenvalue weighted by Gasteiger charge is 2.11. The lowest BCUT2D eigenvalue weighted by Gasteiger charge is -2.01. The number of halogens is 3. The van der Waals surface area contributed by atoms with E-state index in [0.29, 0.717) is 12.0 Å². The molecule has 0 unspecified atom stereocenters. The van der Waals surface area contributed by atoms with Gasteiger partial charge in [-0.15, -0.1) is 0 Å². The van der Waals surface area contributed by atoms with Crippen LogP contribution >= 0.6 is 0 Å². The first-order valence-corrected chi connectivity index (χ1v) is 3.57. The number of pyridine rings is 1. The molecule has 1 heterocycles. The van der Waals surface area contributed by atoms with Crippen molar-refractivity contribution in [2.45, 2.75) is 19.8 Å². The highest BCUT2D eigenvalue weighted by molar-refractivity contribution is 5.17. The number of rotatable bonds is 2. The molecule has 0 N–H and O–H groups in total. The Morgan fingerprint density at radius 1 is 1.50 bits per heavy atom. The predicted octanol–water partition coefficient (Wildman–Crippen LogP) is 2.72. The van der Waals surface area contributed by atoms with Gasteiger partial charge in [0.25, 0.3) is 6.43 Å². The molecule has 0 aliphatic heterocycles. The van der Waals surface area contributed by atoms with Gasteiger partial charge in [0.1, 0.15) is 11.5 Å². The zero-order valence-corrected chi connectivity index (χ0v) is 6.52. The fourth-order valence-electron chi connectivity index (χ4n) is 0.853. The minimum absolute atomic E-state index is 0.361. The smallest absolute Gasteiger partial charge is 0.255 e. The highest BCUT2D eigenvalue weighted by Crippen LogP contribution is 2.18. The molecule has 0 radical (unpaired) electrons. The Bertz CT molecular complexity index is 273. The van der Waals surface area contributed by atoms with Crippen LogP contribution < -0.4 is 0 Å². The lowest BCUT2D eigenvalue weighted by molar-refractivity contribution is 0.145. The summed E-state index contributed by atoms with van der Waals surface area (Å²) in [5, 5.41) is 0. The normalized spacial score (nSPS) is 10.8. The van der Waals surface area contributed by atoms with E-state index in [1.807, 2.05) is 0 Å². The summed E-state index contributed by atoms with van der Waals surface area (Å²) in [7, 11) is 0. The van der Waals surface area contributed by atoms with Gasteiger partial charge in [-0.05, 0) is 6.42 Å². The lowest BCUT2D eigenvalue weighted by atomic mass is 10.2. The average molecular weight is 175 g/mol. The van der Waals surface area contributed by atoms with Gasteiger partial charge in [0.15, 0.2) is 0 Å². The van der Waals surface area contributed by atoms with Crippen molar-refractivity contribution in [1.29, 1.82) is 0 Å². The van der Waals surface area contributed by atoms with Gasteiger partial charge in [0, 0.05) is 17.8 Å². The minimum atomic E-state index is -2.70. The van der Waals surface area contributed by atoms with E-state index in [1.54, 1.807) is 6.92 Å². The lowest BCUT2D eigenvalue weighted by Crippen LogP contribution is -1.95. The zero-order valence-electron chi connectivity index (χ0n) is 6.52. The Balaban J connectivity index is 3.02. The minimum Gasteiger partial charge on any atom is -0.255 e. The van der Waals surface area contributed by atoms with Gasteiger partial charge < -0.3 is 0 Å². The van der Waals surface area contributed by atoms with E-state index >= 15 is 0 Å². The predicted molar refractivity (Wildman–Crippen MR) is 38.5 cm³/mol. The quantitative estimate of drug-likeness (QED) is 0.673. The van der Waals surface area contributed by atoms with E-state index in [1.165, 1.54) is 0 Å². The van der Waals surface area contributed by atoms with E-state index in [9.17, 15) is 13.2 Å². The molecule has 0 aliphatic rings. The summed E-state index contributed by atoms with van der Waals surface area (Å²) in [6.45, 7) is 1.74. The molecule has 1 nitrogen and oxygen atoms in total. The van der Waals surface area contributed by atoms with E-state index < -0.39 is 17.9 Å². The molecule has 0 atom stereocenters. The average Bonchev–Trinajstić information content (AvgIpc) is 2.04. The van der Waals surface area contributed by atoms with Crippen LogP contribution in [0.5, 0.6) is 0 Å². The van der Waals surface area contributed by atoms with E-state index in [4.69, 9.17) is 0 Å². The monoisotopic (exact) mass is 175 g/mol. The second kappa shape index (κ2) is 3.56. The zero-order chi connectivity index (χ0) is 9.14. The van der Waals surface area contributed by atoms with Crippen molar-refractivity contribution in [2.75, 3.05) is 0 Å². The maximum Gasteiger partial charge on any atom is 0.280 e. The third kappa shape index (κ3) is 1.75. The van der Waals surface area contributed by atoms with Crippen LogP contribution in [0.1, 0.15) is 24.6 Å². The topological polar surface area (TPSA) is 12.9 Å². The molecule has 0 aromatic carbocycles. The van der Waals surface area contributed by atoms with Crippen molar-refractivity contribution in [3.8, 4) is 0 Å². The van der Waals surface area contributed by atoms with E-state index in [0.717, 1.165) is 12.3 Å². The van der Waals surface area contributed by atoms with Gasteiger partial charge in [-0.1, -0.05) is 6.92 Å². The Morgan fingerprint density at radius 3 is 2.58 bits per heavy atom. The molecular formula is C8H8F3N. The molecule has 0 fully saturated rings. The first-order chi connectivity index (χ1) is 5.65. The maximum absolute atomic E-state index is 12.8. The Morgan fingerprint density at radius 2 is 2.17 bits per heavy atom. The summed E-state index contributed by atoms with van der Waals surface area (Å²) < 4.78 is 36.7. The molecular weight excluding hydrogens is 167 g/mol. The Labute approximate surface area is 68.2 Å². The molecule has 0 spiro atoms.